The molecule has 0 radical (unpaired) electrons. The Balaban J connectivity index is 1.39. The van der Waals surface area contributed by atoms with E-state index in [1.807, 2.05) is 6.20 Å². The van der Waals surface area contributed by atoms with Gasteiger partial charge in [-0.05, 0) is 38.8 Å². The van der Waals surface area contributed by atoms with Crippen molar-refractivity contribution in [3.05, 3.63) is 18.6 Å². The highest BCUT2D eigenvalue weighted by Crippen LogP contribution is 2.29. The second-order valence-electron chi connectivity index (χ2n) is 7.34. The first kappa shape index (κ1) is 15.8. The van der Waals surface area contributed by atoms with Gasteiger partial charge in [0.25, 0.3) is 0 Å². The van der Waals surface area contributed by atoms with Gasteiger partial charge in [-0.2, -0.15) is 0 Å². The molecule has 1 N–H and O–H groups in total. The molecule has 2 saturated heterocycles. The van der Waals surface area contributed by atoms with Crippen LogP contribution >= 0.6 is 0 Å². The minimum absolute atomic E-state index is 0.693. The minimum atomic E-state index is 0.693. The molecule has 24 heavy (non-hydrogen) atoms. The molecule has 0 aliphatic carbocycles. The van der Waals surface area contributed by atoms with Crippen molar-refractivity contribution in [3.63, 3.8) is 0 Å². The molecule has 2 aliphatic rings. The van der Waals surface area contributed by atoms with Crippen molar-refractivity contribution in [3.8, 4) is 0 Å². The first-order valence-electron chi connectivity index (χ1n) is 9.18. The highest BCUT2D eigenvalue weighted by molar-refractivity contribution is 5.87. The van der Waals surface area contributed by atoms with Gasteiger partial charge in [-0.15, -0.1) is 0 Å². The van der Waals surface area contributed by atoms with Crippen LogP contribution in [0.4, 0.5) is 5.82 Å². The molecule has 2 fully saturated rings. The summed E-state index contributed by atoms with van der Waals surface area (Å²) >= 11 is 0. The maximum atomic E-state index is 4.55. The van der Waals surface area contributed by atoms with Crippen molar-refractivity contribution >= 4 is 16.9 Å². The molecule has 0 aromatic carbocycles. The van der Waals surface area contributed by atoms with Crippen molar-refractivity contribution in [2.24, 2.45) is 5.92 Å². The van der Waals surface area contributed by atoms with Crippen LogP contribution in [-0.4, -0.2) is 77.1 Å². The third-order valence-electron chi connectivity index (χ3n) is 5.97. The fourth-order valence-electron chi connectivity index (χ4n) is 4.23. The van der Waals surface area contributed by atoms with Crippen molar-refractivity contribution in [2.75, 3.05) is 51.2 Å². The average Bonchev–Trinajstić information content (AvgIpc) is 3.11. The predicted octanol–water partition coefficient (Wildman–Crippen LogP) is 1.81. The summed E-state index contributed by atoms with van der Waals surface area (Å²) in [6.07, 6.45) is 6.13. The molecule has 0 spiro atoms. The van der Waals surface area contributed by atoms with Crippen LogP contribution in [0.1, 0.15) is 19.8 Å². The highest BCUT2D eigenvalue weighted by atomic mass is 15.3. The van der Waals surface area contributed by atoms with Crippen molar-refractivity contribution in [1.82, 2.24) is 24.8 Å². The summed E-state index contributed by atoms with van der Waals surface area (Å²) in [5.41, 5.74) is 0.938. The Morgan fingerprint density at radius 3 is 2.58 bits per heavy atom. The van der Waals surface area contributed by atoms with Gasteiger partial charge in [-0.3, -0.25) is 4.90 Å². The lowest BCUT2D eigenvalue weighted by atomic mass is 9.89. The van der Waals surface area contributed by atoms with Crippen LogP contribution in [0.25, 0.3) is 11.0 Å². The lowest BCUT2D eigenvalue weighted by Crippen LogP contribution is -2.51. The summed E-state index contributed by atoms with van der Waals surface area (Å²) in [6.45, 7) is 9.47. The van der Waals surface area contributed by atoms with Gasteiger partial charge in [0.2, 0.25) is 0 Å². The first-order valence-corrected chi connectivity index (χ1v) is 9.18. The van der Waals surface area contributed by atoms with Gasteiger partial charge < -0.3 is 14.8 Å². The predicted molar refractivity (Wildman–Crippen MR) is 97.4 cm³/mol. The first-order chi connectivity index (χ1) is 11.7. The van der Waals surface area contributed by atoms with Gasteiger partial charge in [-0.1, -0.05) is 0 Å². The Labute approximate surface area is 143 Å². The van der Waals surface area contributed by atoms with Crippen LogP contribution in [0.2, 0.25) is 0 Å². The number of hydrogen-bond donors (Lipinski definition) is 1. The number of fused-ring (bicyclic) bond motifs is 1. The minimum Gasteiger partial charge on any atom is -0.356 e. The van der Waals surface area contributed by atoms with E-state index in [1.54, 1.807) is 6.33 Å². The van der Waals surface area contributed by atoms with E-state index in [0.29, 0.717) is 6.04 Å². The second-order valence-corrected chi connectivity index (χ2v) is 7.34. The van der Waals surface area contributed by atoms with Crippen LogP contribution in [0.15, 0.2) is 18.6 Å². The molecule has 0 amide bonds. The normalized spacial score (nSPS) is 23.0. The van der Waals surface area contributed by atoms with Crippen LogP contribution in [-0.2, 0) is 0 Å². The van der Waals surface area contributed by atoms with E-state index >= 15 is 0 Å². The van der Waals surface area contributed by atoms with E-state index in [1.165, 1.54) is 39.0 Å². The summed E-state index contributed by atoms with van der Waals surface area (Å²) in [7, 11) is 2.23. The summed E-state index contributed by atoms with van der Waals surface area (Å²) in [5, 5.41) is 1.14. The highest BCUT2D eigenvalue weighted by Gasteiger charge is 2.29. The number of hydrogen-bond acceptors (Lipinski definition) is 5. The van der Waals surface area contributed by atoms with Gasteiger partial charge in [0.05, 0.1) is 5.39 Å². The monoisotopic (exact) mass is 328 g/mol. The van der Waals surface area contributed by atoms with Crippen LogP contribution < -0.4 is 4.90 Å². The van der Waals surface area contributed by atoms with Gasteiger partial charge in [0.1, 0.15) is 17.8 Å². The lowest BCUT2D eigenvalue weighted by molar-refractivity contribution is 0.0813. The van der Waals surface area contributed by atoms with Gasteiger partial charge in [0, 0.05) is 51.5 Å². The van der Waals surface area contributed by atoms with Gasteiger partial charge in [-0.25, -0.2) is 9.97 Å². The molecular weight excluding hydrogens is 300 g/mol. The quantitative estimate of drug-likeness (QED) is 0.931. The molecule has 6 heteroatoms. The SMILES string of the molecule is C[C@@H](C1CCN(c2ncnc3[nH]ccc23)CC1)N1CCN(C)CC1. The number of nitrogens with one attached hydrogen (secondary N) is 1. The Kier molecular flexibility index (Phi) is 4.41. The molecule has 0 unspecified atom stereocenters. The second kappa shape index (κ2) is 6.69. The summed E-state index contributed by atoms with van der Waals surface area (Å²) in [4.78, 5) is 19.6. The van der Waals surface area contributed by atoms with E-state index in [-0.39, 0.29) is 0 Å². The maximum Gasteiger partial charge on any atom is 0.142 e. The largest absolute Gasteiger partial charge is 0.356 e. The van der Waals surface area contributed by atoms with Crippen molar-refractivity contribution in [1.29, 1.82) is 0 Å². The lowest BCUT2D eigenvalue weighted by Gasteiger charge is -2.43. The third kappa shape index (κ3) is 3.00. The number of likely N-dealkylation sites (N-methyl/N-ethyl adjacent to an activating group) is 1. The van der Waals surface area contributed by atoms with Gasteiger partial charge >= 0.3 is 0 Å². The maximum absolute atomic E-state index is 4.55. The van der Waals surface area contributed by atoms with Crippen molar-refractivity contribution < 1.29 is 0 Å². The van der Waals surface area contributed by atoms with E-state index in [4.69, 9.17) is 0 Å². The Morgan fingerprint density at radius 2 is 1.83 bits per heavy atom. The summed E-state index contributed by atoms with van der Waals surface area (Å²) in [5.74, 6) is 1.89. The number of piperidine rings is 1. The van der Waals surface area contributed by atoms with Crippen LogP contribution in [0, 0.1) is 5.92 Å². The smallest absolute Gasteiger partial charge is 0.142 e. The zero-order valence-corrected chi connectivity index (χ0v) is 14.8. The number of rotatable bonds is 3. The molecule has 2 aliphatic heterocycles. The number of nitrogens with zero attached hydrogens (tertiary/aromatic N) is 5. The fraction of sp³-hybridized carbons (Fsp3) is 0.667. The summed E-state index contributed by atoms with van der Waals surface area (Å²) < 4.78 is 0. The molecule has 1 atom stereocenters. The molecular formula is C18H28N6. The number of aromatic amines is 1. The molecule has 0 saturated carbocycles. The molecule has 0 bridgehead atoms. The Bertz CT molecular complexity index is 667. The average molecular weight is 328 g/mol. The molecule has 4 heterocycles. The van der Waals surface area contributed by atoms with Crippen LogP contribution in [0.5, 0.6) is 0 Å². The molecule has 4 rings (SSSR count). The van der Waals surface area contributed by atoms with Crippen LogP contribution in [0.3, 0.4) is 0 Å². The van der Waals surface area contributed by atoms with E-state index in [2.05, 4.69) is 49.7 Å². The number of aromatic nitrogens is 3. The Hall–Kier alpha value is -1.66. The zero-order chi connectivity index (χ0) is 16.5. The van der Waals surface area contributed by atoms with E-state index < -0.39 is 0 Å². The standard InChI is InChI=1S/C18H28N6/c1-14(23-11-9-22(2)10-12-23)15-4-7-24(8-5-15)18-16-3-6-19-17(16)20-13-21-18/h3,6,13-15H,4-5,7-12H2,1-2H3,(H,19,20,21)/t14-/m0/s1. The molecule has 2 aromatic heterocycles. The zero-order valence-electron chi connectivity index (χ0n) is 14.8. The third-order valence-corrected chi connectivity index (χ3v) is 5.97. The number of anilines is 1. The topological polar surface area (TPSA) is 51.3 Å². The summed E-state index contributed by atoms with van der Waals surface area (Å²) in [6, 6.07) is 2.78. The van der Waals surface area contributed by atoms with E-state index in [9.17, 15) is 0 Å². The molecule has 2 aromatic rings. The van der Waals surface area contributed by atoms with Crippen molar-refractivity contribution in [2.45, 2.75) is 25.8 Å². The van der Waals surface area contributed by atoms with E-state index in [0.717, 1.165) is 35.9 Å². The van der Waals surface area contributed by atoms with Gasteiger partial charge in [0.15, 0.2) is 0 Å². The fourth-order valence-corrected chi connectivity index (χ4v) is 4.23. The Morgan fingerprint density at radius 1 is 1.08 bits per heavy atom. The number of H-pyrrole nitrogens is 1. The number of piperazine rings is 1. The molecule has 6 nitrogen and oxygen atoms in total. The molecule has 130 valence electrons.